The highest BCUT2D eigenvalue weighted by Crippen LogP contribution is 2.17. The second-order valence-electron chi connectivity index (χ2n) is 5.07. The van der Waals surface area contributed by atoms with Gasteiger partial charge in [0.1, 0.15) is 5.75 Å². The Balaban J connectivity index is 2.09. The summed E-state index contributed by atoms with van der Waals surface area (Å²) < 4.78 is 30.5. The minimum atomic E-state index is -2.92. The highest BCUT2D eigenvalue weighted by molar-refractivity contribution is 6.01. The number of hydrogen-bond donors (Lipinski definition) is 1. The van der Waals surface area contributed by atoms with Crippen LogP contribution in [-0.4, -0.2) is 21.7 Å². The van der Waals surface area contributed by atoms with Gasteiger partial charge in [0.2, 0.25) is 5.91 Å². The van der Waals surface area contributed by atoms with Crippen molar-refractivity contribution in [2.24, 2.45) is 14.1 Å². The Labute approximate surface area is 140 Å². The van der Waals surface area contributed by atoms with Gasteiger partial charge in [0.15, 0.2) is 0 Å². The SMILES string of the molecule is Cn1cc(/C=C/C(=O)Nc2ccc(OC(F)F)cc2)c(=O)n(C)c1=O. The average Bonchev–Trinajstić information content (AvgIpc) is 2.56. The van der Waals surface area contributed by atoms with Gasteiger partial charge in [-0.2, -0.15) is 8.78 Å². The number of nitrogens with one attached hydrogen (secondary N) is 1. The molecule has 9 heteroatoms. The van der Waals surface area contributed by atoms with Crippen LogP contribution in [0.5, 0.6) is 5.75 Å². The van der Waals surface area contributed by atoms with E-state index < -0.39 is 23.8 Å². The molecule has 2 rings (SSSR count). The Morgan fingerprint density at radius 3 is 2.44 bits per heavy atom. The van der Waals surface area contributed by atoms with Crippen LogP contribution in [0.1, 0.15) is 5.56 Å². The van der Waals surface area contributed by atoms with Crippen molar-refractivity contribution in [2.45, 2.75) is 6.61 Å². The summed E-state index contributed by atoms with van der Waals surface area (Å²) in [5.74, 6) is -0.560. The smallest absolute Gasteiger partial charge is 0.387 e. The van der Waals surface area contributed by atoms with Gasteiger partial charge < -0.3 is 14.6 Å². The maximum Gasteiger partial charge on any atom is 0.387 e. The fourth-order valence-corrected chi connectivity index (χ4v) is 2.02. The molecule has 0 fully saturated rings. The zero-order chi connectivity index (χ0) is 18.6. The monoisotopic (exact) mass is 351 g/mol. The lowest BCUT2D eigenvalue weighted by molar-refractivity contribution is -0.111. The Hall–Kier alpha value is -3.23. The maximum atomic E-state index is 12.1. The number of alkyl halides is 2. The molecule has 1 aromatic heterocycles. The van der Waals surface area contributed by atoms with Gasteiger partial charge in [-0.15, -0.1) is 0 Å². The summed E-state index contributed by atoms with van der Waals surface area (Å²) >= 11 is 0. The third-order valence-electron chi connectivity index (χ3n) is 3.23. The summed E-state index contributed by atoms with van der Waals surface area (Å²) in [6.45, 7) is -2.92. The van der Waals surface area contributed by atoms with Crippen molar-refractivity contribution in [1.29, 1.82) is 0 Å². The van der Waals surface area contributed by atoms with Crippen molar-refractivity contribution in [3.8, 4) is 5.75 Å². The van der Waals surface area contributed by atoms with Crippen LogP contribution >= 0.6 is 0 Å². The van der Waals surface area contributed by atoms with E-state index in [1.807, 2.05) is 0 Å². The van der Waals surface area contributed by atoms with Crippen LogP contribution < -0.4 is 21.3 Å². The summed E-state index contributed by atoms with van der Waals surface area (Å²) in [7, 11) is 2.83. The number of rotatable bonds is 5. The quantitative estimate of drug-likeness (QED) is 0.824. The molecule has 7 nitrogen and oxygen atoms in total. The first-order valence-electron chi connectivity index (χ1n) is 7.08. The third kappa shape index (κ3) is 4.63. The van der Waals surface area contributed by atoms with Crippen LogP contribution in [-0.2, 0) is 18.9 Å². The van der Waals surface area contributed by atoms with Gasteiger partial charge in [-0.05, 0) is 30.3 Å². The Kier molecular flexibility index (Phi) is 5.48. The number of ether oxygens (including phenoxy) is 1. The van der Waals surface area contributed by atoms with Crippen molar-refractivity contribution in [2.75, 3.05) is 5.32 Å². The standard InChI is InChI=1S/C16H15F2N3O4/c1-20-9-10(14(23)21(2)16(20)24)3-8-13(22)19-11-4-6-12(7-5-11)25-15(17)18/h3-9,15H,1-2H3,(H,19,22)/b8-3+. The predicted octanol–water partition coefficient (Wildman–Crippen LogP) is 1.34. The number of hydrogen-bond acceptors (Lipinski definition) is 4. The molecule has 0 radical (unpaired) electrons. The van der Waals surface area contributed by atoms with Gasteiger partial charge in [0, 0.05) is 32.1 Å². The summed E-state index contributed by atoms with van der Waals surface area (Å²) in [6.07, 6.45) is 3.74. The molecule has 0 aliphatic carbocycles. The molecule has 0 atom stereocenters. The molecule has 25 heavy (non-hydrogen) atoms. The minimum Gasteiger partial charge on any atom is -0.435 e. The van der Waals surface area contributed by atoms with Gasteiger partial charge in [-0.1, -0.05) is 0 Å². The first kappa shape index (κ1) is 18.1. The highest BCUT2D eigenvalue weighted by Gasteiger charge is 2.06. The van der Waals surface area contributed by atoms with Crippen LogP contribution in [0.4, 0.5) is 14.5 Å². The van der Waals surface area contributed by atoms with Gasteiger partial charge >= 0.3 is 12.3 Å². The fraction of sp³-hybridized carbons (Fsp3) is 0.188. The molecule has 2 aromatic rings. The molecule has 132 valence electrons. The van der Waals surface area contributed by atoms with Crippen molar-refractivity contribution in [3.05, 3.63) is 62.9 Å². The second kappa shape index (κ2) is 7.56. The number of benzene rings is 1. The van der Waals surface area contributed by atoms with E-state index in [0.29, 0.717) is 5.69 Å². The number of aromatic nitrogens is 2. The Bertz CT molecular complexity index is 914. The minimum absolute atomic E-state index is 0.0303. The number of nitrogens with zero attached hydrogens (tertiary/aromatic N) is 2. The molecular weight excluding hydrogens is 336 g/mol. The molecule has 0 saturated carbocycles. The third-order valence-corrected chi connectivity index (χ3v) is 3.23. The van der Waals surface area contributed by atoms with E-state index in [1.54, 1.807) is 0 Å². The summed E-state index contributed by atoms with van der Waals surface area (Å²) in [5.41, 5.74) is -0.469. The lowest BCUT2D eigenvalue weighted by Gasteiger charge is -2.06. The number of amides is 1. The summed E-state index contributed by atoms with van der Waals surface area (Å²) in [5, 5.41) is 2.51. The molecule has 0 bridgehead atoms. The average molecular weight is 351 g/mol. The second-order valence-corrected chi connectivity index (χ2v) is 5.07. The molecule has 1 aromatic carbocycles. The highest BCUT2D eigenvalue weighted by atomic mass is 19.3. The van der Waals surface area contributed by atoms with Crippen LogP contribution in [0, 0.1) is 0 Å². The van der Waals surface area contributed by atoms with E-state index in [9.17, 15) is 23.2 Å². The molecular formula is C16H15F2N3O4. The van der Waals surface area contributed by atoms with Gasteiger partial charge in [-0.25, -0.2) is 4.79 Å². The van der Waals surface area contributed by atoms with E-state index >= 15 is 0 Å². The molecule has 0 unspecified atom stereocenters. The lowest BCUT2D eigenvalue weighted by atomic mass is 10.2. The largest absolute Gasteiger partial charge is 0.435 e. The van der Waals surface area contributed by atoms with E-state index in [4.69, 9.17) is 0 Å². The lowest BCUT2D eigenvalue weighted by Crippen LogP contribution is -2.37. The molecule has 0 aliphatic heterocycles. The van der Waals surface area contributed by atoms with Crippen LogP contribution in [0.25, 0.3) is 6.08 Å². The van der Waals surface area contributed by atoms with Crippen molar-refractivity contribution >= 4 is 17.7 Å². The number of halogens is 2. The van der Waals surface area contributed by atoms with Crippen LogP contribution in [0.3, 0.4) is 0 Å². The van der Waals surface area contributed by atoms with E-state index in [0.717, 1.165) is 10.6 Å². The molecule has 1 amide bonds. The van der Waals surface area contributed by atoms with Gasteiger partial charge in [-0.3, -0.25) is 14.2 Å². The van der Waals surface area contributed by atoms with Crippen molar-refractivity contribution in [1.82, 2.24) is 9.13 Å². The van der Waals surface area contributed by atoms with E-state index in [-0.39, 0.29) is 11.3 Å². The number of aryl methyl sites for hydroxylation is 1. The zero-order valence-corrected chi connectivity index (χ0v) is 13.4. The van der Waals surface area contributed by atoms with Crippen molar-refractivity contribution in [3.63, 3.8) is 0 Å². The maximum absolute atomic E-state index is 12.1. The van der Waals surface area contributed by atoms with Crippen LogP contribution in [0.2, 0.25) is 0 Å². The first-order chi connectivity index (χ1) is 11.8. The van der Waals surface area contributed by atoms with Gasteiger partial charge in [0.05, 0.1) is 5.56 Å². The predicted molar refractivity (Wildman–Crippen MR) is 87.7 cm³/mol. The van der Waals surface area contributed by atoms with Crippen molar-refractivity contribution < 1.29 is 18.3 Å². The molecule has 1 heterocycles. The summed E-state index contributed by atoms with van der Waals surface area (Å²) in [4.78, 5) is 35.4. The molecule has 0 spiro atoms. The summed E-state index contributed by atoms with van der Waals surface area (Å²) in [6, 6.07) is 5.37. The fourth-order valence-electron chi connectivity index (χ4n) is 2.02. The van der Waals surface area contributed by atoms with E-state index in [2.05, 4.69) is 10.1 Å². The normalized spacial score (nSPS) is 11.1. The number of carbonyl (C=O) groups is 1. The Morgan fingerprint density at radius 1 is 1.20 bits per heavy atom. The first-order valence-corrected chi connectivity index (χ1v) is 7.08. The molecule has 0 saturated heterocycles. The van der Waals surface area contributed by atoms with Gasteiger partial charge in [0.25, 0.3) is 5.56 Å². The Morgan fingerprint density at radius 2 is 1.84 bits per heavy atom. The molecule has 0 aliphatic rings. The zero-order valence-electron chi connectivity index (χ0n) is 13.4. The van der Waals surface area contributed by atoms with E-state index in [1.165, 1.54) is 55.2 Å². The number of carbonyl (C=O) groups excluding carboxylic acids is 1. The molecule has 1 N–H and O–H groups in total. The van der Waals surface area contributed by atoms with Crippen LogP contribution in [0.15, 0.2) is 46.1 Å². The number of anilines is 1. The topological polar surface area (TPSA) is 82.3 Å².